The summed E-state index contributed by atoms with van der Waals surface area (Å²) in [7, 11) is 2.02. The zero-order valence-electron chi connectivity index (χ0n) is 16.6. The Hall–Kier alpha value is -2.87. The Bertz CT molecular complexity index is 1160. The maximum absolute atomic E-state index is 10.8. The van der Waals surface area contributed by atoms with Crippen molar-refractivity contribution in [3.8, 4) is 5.75 Å². The van der Waals surface area contributed by atoms with Gasteiger partial charge < -0.3 is 15.4 Å². The van der Waals surface area contributed by atoms with E-state index in [4.69, 9.17) is 16.1 Å². The van der Waals surface area contributed by atoms with Crippen LogP contribution in [0.2, 0.25) is 0 Å². The van der Waals surface area contributed by atoms with Gasteiger partial charge >= 0.3 is 0 Å². The fourth-order valence-corrected chi connectivity index (χ4v) is 4.33. The van der Waals surface area contributed by atoms with Gasteiger partial charge in [0.1, 0.15) is 5.75 Å². The molecule has 2 aromatic carbocycles. The summed E-state index contributed by atoms with van der Waals surface area (Å²) < 4.78 is 3.14. The van der Waals surface area contributed by atoms with Crippen molar-refractivity contribution in [1.29, 1.82) is 5.41 Å². The van der Waals surface area contributed by atoms with Crippen molar-refractivity contribution >= 4 is 44.0 Å². The lowest BCUT2D eigenvalue weighted by atomic mass is 10.0. The smallest absolute Gasteiger partial charge is 0.206 e. The first-order valence-electron chi connectivity index (χ1n) is 9.25. The second-order valence-corrected chi connectivity index (χ2v) is 7.79. The molecule has 1 heterocycles. The molecule has 5 N–H and O–H groups in total. The predicted octanol–water partition coefficient (Wildman–Crippen LogP) is 3.31. The lowest BCUT2D eigenvalue weighted by Crippen LogP contribution is -2.26. The maximum Gasteiger partial charge on any atom is 0.206 e. The summed E-state index contributed by atoms with van der Waals surface area (Å²) in [6, 6.07) is 5.83. The quantitative estimate of drug-likeness (QED) is 0.229. The van der Waals surface area contributed by atoms with E-state index in [-0.39, 0.29) is 5.96 Å². The lowest BCUT2D eigenvalue weighted by molar-refractivity contribution is 0.478. The third-order valence-corrected chi connectivity index (χ3v) is 6.07. The van der Waals surface area contributed by atoms with Gasteiger partial charge in [0, 0.05) is 29.9 Å². The predicted molar refractivity (Wildman–Crippen MR) is 117 cm³/mol. The van der Waals surface area contributed by atoms with Gasteiger partial charge in [-0.3, -0.25) is 10.4 Å². The van der Waals surface area contributed by atoms with Gasteiger partial charge in [-0.05, 0) is 38.0 Å². The average molecular weight is 399 g/mol. The first-order valence-corrected chi connectivity index (χ1v) is 10.1. The first-order chi connectivity index (χ1) is 13.3. The topological polar surface area (TPSA) is 112 Å². The van der Waals surface area contributed by atoms with E-state index < -0.39 is 0 Å². The minimum absolute atomic E-state index is 0.210. The van der Waals surface area contributed by atoms with Gasteiger partial charge in [0.2, 0.25) is 5.96 Å². The molecular formula is C20H26N6OS. The van der Waals surface area contributed by atoms with Gasteiger partial charge in [0.25, 0.3) is 0 Å². The van der Waals surface area contributed by atoms with E-state index in [0.717, 1.165) is 56.3 Å². The van der Waals surface area contributed by atoms with E-state index in [2.05, 4.69) is 22.0 Å². The summed E-state index contributed by atoms with van der Waals surface area (Å²) in [5.74, 6) is 0.0887. The van der Waals surface area contributed by atoms with Crippen molar-refractivity contribution in [3.63, 3.8) is 0 Å². The summed E-state index contributed by atoms with van der Waals surface area (Å²) in [5.41, 5.74) is 11.3. The highest BCUT2D eigenvalue weighted by Gasteiger charge is 2.16. The second-order valence-electron chi connectivity index (χ2n) is 6.81. The van der Waals surface area contributed by atoms with Crippen LogP contribution in [0, 0.1) is 12.3 Å². The van der Waals surface area contributed by atoms with Crippen LogP contribution in [0.1, 0.15) is 37.8 Å². The number of benzene rings is 2. The van der Waals surface area contributed by atoms with Crippen LogP contribution < -0.4 is 16.0 Å². The van der Waals surface area contributed by atoms with Gasteiger partial charge in [0.05, 0.1) is 15.9 Å². The monoisotopic (exact) mass is 398 g/mol. The number of aryl methyl sites for hydroxylation is 2. The molecule has 0 radical (unpaired) electrons. The van der Waals surface area contributed by atoms with E-state index in [1.54, 1.807) is 11.3 Å². The number of phenolic OH excluding ortho intramolecular Hbond substituents is 1. The van der Waals surface area contributed by atoms with Crippen molar-refractivity contribution in [2.24, 2.45) is 22.9 Å². The van der Waals surface area contributed by atoms with Crippen LogP contribution in [0.25, 0.3) is 21.0 Å². The van der Waals surface area contributed by atoms with E-state index in [1.165, 1.54) is 0 Å². The molecule has 1 aromatic heterocycles. The molecule has 0 saturated carbocycles. The number of nitrogens with one attached hydrogen (secondary N) is 2. The van der Waals surface area contributed by atoms with E-state index in [9.17, 15) is 5.11 Å². The molecule has 0 bridgehead atoms. The van der Waals surface area contributed by atoms with Crippen LogP contribution >= 0.6 is 11.3 Å². The third-order valence-electron chi connectivity index (χ3n) is 4.78. The minimum Gasteiger partial charge on any atom is -0.507 e. The van der Waals surface area contributed by atoms with E-state index >= 15 is 0 Å². The van der Waals surface area contributed by atoms with Crippen molar-refractivity contribution in [2.75, 3.05) is 6.54 Å². The fourth-order valence-electron chi connectivity index (χ4n) is 3.17. The standard InChI is InChI=1S/C20H26N6OS/c1-5-6-9-23-20-26(4)16-15-10-13(12(3)24-25-19(21)22)7-8-14(15)17(27)11(2)18(16)28-20/h7-8,10,27H,5-6,9H2,1-4H3,(H4,21,22,25)/b23-20+,24-12+. The van der Waals surface area contributed by atoms with Crippen LogP contribution in [-0.2, 0) is 7.05 Å². The largest absolute Gasteiger partial charge is 0.507 e. The van der Waals surface area contributed by atoms with Gasteiger partial charge in [-0.25, -0.2) is 5.43 Å². The summed E-state index contributed by atoms with van der Waals surface area (Å²) >= 11 is 1.61. The van der Waals surface area contributed by atoms with Gasteiger partial charge in [-0.2, -0.15) is 5.10 Å². The highest BCUT2D eigenvalue weighted by Crippen LogP contribution is 2.38. The number of aromatic nitrogens is 1. The highest BCUT2D eigenvalue weighted by molar-refractivity contribution is 7.16. The number of phenols is 1. The van der Waals surface area contributed by atoms with E-state index in [1.807, 2.05) is 39.1 Å². The van der Waals surface area contributed by atoms with E-state index in [0.29, 0.717) is 11.5 Å². The number of guanidine groups is 1. The molecule has 0 aliphatic heterocycles. The molecule has 28 heavy (non-hydrogen) atoms. The third kappa shape index (κ3) is 3.60. The number of hydrazone groups is 1. The zero-order chi connectivity index (χ0) is 20.4. The number of hydrogen-bond acceptors (Lipinski definition) is 5. The zero-order valence-corrected chi connectivity index (χ0v) is 17.4. The summed E-state index contributed by atoms with van der Waals surface area (Å²) in [5, 5.41) is 23.9. The van der Waals surface area contributed by atoms with Crippen molar-refractivity contribution < 1.29 is 5.11 Å². The molecule has 0 unspecified atom stereocenters. The van der Waals surface area contributed by atoms with Crippen LogP contribution in [0.3, 0.4) is 0 Å². The lowest BCUT2D eigenvalue weighted by Gasteiger charge is -2.10. The van der Waals surface area contributed by atoms with Crippen molar-refractivity contribution in [1.82, 2.24) is 9.99 Å². The molecule has 3 aromatic rings. The minimum atomic E-state index is -0.210. The van der Waals surface area contributed by atoms with Crippen LogP contribution in [-0.4, -0.2) is 27.9 Å². The Morgan fingerprint density at radius 2 is 2.11 bits per heavy atom. The molecule has 8 heteroatoms. The molecule has 3 rings (SSSR count). The number of hydrogen-bond donors (Lipinski definition) is 4. The van der Waals surface area contributed by atoms with Crippen molar-refractivity contribution in [3.05, 3.63) is 34.1 Å². The number of fused-ring (bicyclic) bond motifs is 3. The molecule has 0 spiro atoms. The van der Waals surface area contributed by atoms with Crippen molar-refractivity contribution in [2.45, 2.75) is 33.6 Å². The fraction of sp³-hybridized carbons (Fsp3) is 0.350. The Labute approximate surface area is 167 Å². The SMILES string of the molecule is CCCC/N=c1/sc2c(C)c(O)c3ccc(/C(C)=N/NC(=N)N)cc3c2n1C. The molecule has 0 fully saturated rings. The molecule has 0 saturated heterocycles. The molecule has 0 aliphatic carbocycles. The van der Waals surface area contributed by atoms with Crippen LogP contribution in [0.15, 0.2) is 28.3 Å². The number of aromatic hydroxyl groups is 1. The Balaban J connectivity index is 2.28. The maximum atomic E-state index is 10.8. The van der Waals surface area contributed by atoms with Gasteiger partial charge in [-0.1, -0.05) is 30.7 Å². The van der Waals surface area contributed by atoms with Gasteiger partial charge in [0.15, 0.2) is 4.80 Å². The number of unbranched alkanes of at least 4 members (excludes halogenated alkanes) is 1. The molecule has 0 aliphatic rings. The molecule has 0 amide bonds. The highest BCUT2D eigenvalue weighted by atomic mass is 32.1. The molecule has 148 valence electrons. The van der Waals surface area contributed by atoms with Crippen LogP contribution in [0.5, 0.6) is 5.75 Å². The average Bonchev–Trinajstić information content (AvgIpc) is 3.00. The molecule has 7 nitrogen and oxygen atoms in total. The summed E-state index contributed by atoms with van der Waals surface area (Å²) in [6.45, 7) is 6.75. The first kappa shape index (κ1) is 19.9. The molecular weight excluding hydrogens is 372 g/mol. The summed E-state index contributed by atoms with van der Waals surface area (Å²) in [6.07, 6.45) is 2.17. The molecule has 0 atom stereocenters. The number of nitrogens with zero attached hydrogens (tertiary/aromatic N) is 3. The number of thiazole rings is 1. The van der Waals surface area contributed by atoms with Crippen LogP contribution in [0.4, 0.5) is 0 Å². The Kier molecular flexibility index (Phi) is 5.69. The number of rotatable bonds is 5. The van der Waals surface area contributed by atoms with Gasteiger partial charge in [-0.15, -0.1) is 0 Å². The number of nitrogens with two attached hydrogens (primary N) is 1. The normalized spacial score (nSPS) is 12.9. The Morgan fingerprint density at radius 1 is 1.36 bits per heavy atom. The Morgan fingerprint density at radius 3 is 2.79 bits per heavy atom. The second kappa shape index (κ2) is 8.02. The summed E-state index contributed by atoms with van der Waals surface area (Å²) in [4.78, 5) is 5.70.